The molecule has 1 aromatic carbocycles. The summed E-state index contributed by atoms with van der Waals surface area (Å²) in [5.74, 6) is 0.440. The minimum atomic E-state index is -0.0664. The van der Waals surface area contributed by atoms with Crippen molar-refractivity contribution in [2.24, 2.45) is 0 Å². The molecule has 2 amide bonds. The van der Waals surface area contributed by atoms with Crippen LogP contribution in [0.4, 0.5) is 17.3 Å². The summed E-state index contributed by atoms with van der Waals surface area (Å²) in [6.07, 6.45) is 1.94. The number of fused-ring (bicyclic) bond motifs is 3. The van der Waals surface area contributed by atoms with Gasteiger partial charge in [0, 0.05) is 65.5 Å². The second-order valence-corrected chi connectivity index (χ2v) is 8.53. The minimum Gasteiger partial charge on any atom is -0.336 e. The standard InChI is InChI=1S/C22H22N6O2S/c1-27-6-8-28(9-7-27)21(30)14-2-4-16(5-3-14)24-22-23-11-15-10-19(29)25-18-13-31-12-17(18)20(15)26-22/h2-5,11-13H,6-10H2,1H3,(H,25,29)(H,23,24,26). The third kappa shape index (κ3) is 4.01. The minimum absolute atomic E-state index is 0.0584. The fourth-order valence-electron chi connectivity index (χ4n) is 3.79. The van der Waals surface area contributed by atoms with Gasteiger partial charge in [0.1, 0.15) is 0 Å². The summed E-state index contributed by atoms with van der Waals surface area (Å²) in [6.45, 7) is 3.29. The molecule has 1 fully saturated rings. The Kier molecular flexibility index (Phi) is 5.13. The molecule has 8 nitrogen and oxygen atoms in total. The van der Waals surface area contributed by atoms with Gasteiger partial charge in [0.25, 0.3) is 5.91 Å². The average Bonchev–Trinajstić information content (AvgIpc) is 3.18. The van der Waals surface area contributed by atoms with Crippen LogP contribution in [0.3, 0.4) is 0 Å². The molecule has 0 bridgehead atoms. The van der Waals surface area contributed by atoms with E-state index in [0.717, 1.165) is 54.4 Å². The van der Waals surface area contributed by atoms with Gasteiger partial charge >= 0.3 is 0 Å². The number of carbonyl (C=O) groups is 2. The topological polar surface area (TPSA) is 90.5 Å². The van der Waals surface area contributed by atoms with E-state index in [4.69, 9.17) is 0 Å². The van der Waals surface area contributed by atoms with Gasteiger partial charge in [0.15, 0.2) is 0 Å². The Morgan fingerprint density at radius 3 is 2.68 bits per heavy atom. The number of nitrogens with zero attached hydrogens (tertiary/aromatic N) is 4. The smallest absolute Gasteiger partial charge is 0.253 e. The van der Waals surface area contributed by atoms with Crippen LogP contribution in [0.25, 0.3) is 11.3 Å². The molecule has 9 heteroatoms. The van der Waals surface area contributed by atoms with E-state index >= 15 is 0 Å². The maximum Gasteiger partial charge on any atom is 0.253 e. The van der Waals surface area contributed by atoms with E-state index < -0.39 is 0 Å². The van der Waals surface area contributed by atoms with Crippen LogP contribution < -0.4 is 10.6 Å². The highest BCUT2D eigenvalue weighted by molar-refractivity contribution is 7.08. The zero-order chi connectivity index (χ0) is 21.4. The molecular weight excluding hydrogens is 412 g/mol. The average molecular weight is 435 g/mol. The van der Waals surface area contributed by atoms with Gasteiger partial charge in [-0.25, -0.2) is 9.97 Å². The Morgan fingerprint density at radius 1 is 1.13 bits per heavy atom. The Bertz CT molecular complexity index is 1140. The lowest BCUT2D eigenvalue weighted by Crippen LogP contribution is -2.47. The Hall–Kier alpha value is -3.30. The van der Waals surface area contributed by atoms with Gasteiger partial charge in [-0.3, -0.25) is 9.59 Å². The first-order chi connectivity index (χ1) is 15.1. The van der Waals surface area contributed by atoms with Crippen LogP contribution in [-0.4, -0.2) is 64.8 Å². The Balaban J connectivity index is 1.33. The number of likely N-dealkylation sites (N-methyl/N-ethyl adjacent to an activating group) is 1. The van der Waals surface area contributed by atoms with Crippen LogP contribution in [-0.2, 0) is 11.2 Å². The summed E-state index contributed by atoms with van der Waals surface area (Å²) in [6, 6.07) is 7.37. The van der Waals surface area contributed by atoms with Crippen molar-refractivity contribution < 1.29 is 9.59 Å². The monoisotopic (exact) mass is 434 g/mol. The van der Waals surface area contributed by atoms with Gasteiger partial charge < -0.3 is 20.4 Å². The molecule has 0 atom stereocenters. The van der Waals surface area contributed by atoms with Crippen LogP contribution in [0.2, 0.25) is 0 Å². The molecule has 0 unspecified atom stereocenters. The van der Waals surface area contributed by atoms with Crippen molar-refractivity contribution in [3.8, 4) is 11.3 Å². The summed E-state index contributed by atoms with van der Waals surface area (Å²) in [5.41, 5.74) is 4.71. The van der Waals surface area contributed by atoms with Gasteiger partial charge in [0.05, 0.1) is 17.8 Å². The molecular formula is C22H22N6O2S. The van der Waals surface area contributed by atoms with E-state index in [2.05, 4.69) is 32.5 Å². The van der Waals surface area contributed by atoms with Crippen molar-refractivity contribution in [1.82, 2.24) is 19.8 Å². The van der Waals surface area contributed by atoms with Crippen molar-refractivity contribution >= 4 is 40.5 Å². The van der Waals surface area contributed by atoms with Gasteiger partial charge in [-0.05, 0) is 31.3 Å². The summed E-state index contributed by atoms with van der Waals surface area (Å²) >= 11 is 1.52. The zero-order valence-corrected chi connectivity index (χ0v) is 17.9. The lowest BCUT2D eigenvalue weighted by Gasteiger charge is -2.32. The molecule has 2 aliphatic heterocycles. The molecule has 0 radical (unpaired) electrons. The molecule has 2 N–H and O–H groups in total. The Morgan fingerprint density at radius 2 is 1.90 bits per heavy atom. The highest BCUT2D eigenvalue weighted by Crippen LogP contribution is 2.35. The second kappa shape index (κ2) is 8.09. The molecule has 158 valence electrons. The number of carbonyl (C=O) groups excluding carboxylic acids is 2. The number of amides is 2. The molecule has 0 spiro atoms. The van der Waals surface area contributed by atoms with Gasteiger partial charge in [-0.1, -0.05) is 0 Å². The fraction of sp³-hybridized carbons (Fsp3) is 0.273. The van der Waals surface area contributed by atoms with E-state index in [9.17, 15) is 9.59 Å². The number of anilines is 3. The van der Waals surface area contributed by atoms with Crippen molar-refractivity contribution in [1.29, 1.82) is 0 Å². The molecule has 1 saturated heterocycles. The second-order valence-electron chi connectivity index (χ2n) is 7.79. The molecule has 0 saturated carbocycles. The highest BCUT2D eigenvalue weighted by Gasteiger charge is 2.22. The maximum absolute atomic E-state index is 12.7. The summed E-state index contributed by atoms with van der Waals surface area (Å²) in [7, 11) is 2.07. The molecule has 3 aromatic rings. The van der Waals surface area contributed by atoms with Crippen molar-refractivity contribution in [3.63, 3.8) is 0 Å². The van der Waals surface area contributed by atoms with E-state index in [1.54, 1.807) is 6.20 Å². The van der Waals surface area contributed by atoms with Crippen LogP contribution in [0.1, 0.15) is 15.9 Å². The number of hydrogen-bond donors (Lipinski definition) is 2. The molecule has 31 heavy (non-hydrogen) atoms. The number of rotatable bonds is 3. The summed E-state index contributed by atoms with van der Waals surface area (Å²) in [5, 5.41) is 10.0. The predicted molar refractivity (Wildman–Crippen MR) is 121 cm³/mol. The van der Waals surface area contributed by atoms with Crippen LogP contribution in [0.5, 0.6) is 0 Å². The molecule has 0 aliphatic carbocycles. The van der Waals surface area contributed by atoms with Crippen LogP contribution in [0.15, 0.2) is 41.2 Å². The highest BCUT2D eigenvalue weighted by atomic mass is 32.1. The molecule has 2 aliphatic rings. The lowest BCUT2D eigenvalue weighted by atomic mass is 10.1. The van der Waals surface area contributed by atoms with E-state index in [0.29, 0.717) is 11.5 Å². The van der Waals surface area contributed by atoms with Crippen molar-refractivity contribution in [2.75, 3.05) is 43.9 Å². The SMILES string of the molecule is CN1CCN(C(=O)c2ccc(Nc3ncc4c(n3)-c3cscc3NC(=O)C4)cc2)CC1. The number of hydrogen-bond acceptors (Lipinski definition) is 7. The summed E-state index contributed by atoms with van der Waals surface area (Å²) in [4.78, 5) is 38.0. The predicted octanol–water partition coefficient (Wildman–Crippen LogP) is 2.83. The number of benzene rings is 1. The largest absolute Gasteiger partial charge is 0.336 e. The van der Waals surface area contributed by atoms with E-state index in [1.807, 2.05) is 39.9 Å². The zero-order valence-electron chi connectivity index (χ0n) is 17.1. The number of aromatic nitrogens is 2. The number of thiophene rings is 1. The first kappa shape index (κ1) is 19.7. The maximum atomic E-state index is 12.7. The first-order valence-electron chi connectivity index (χ1n) is 10.1. The van der Waals surface area contributed by atoms with Gasteiger partial charge in [-0.15, -0.1) is 11.3 Å². The van der Waals surface area contributed by atoms with E-state index in [-0.39, 0.29) is 18.2 Å². The van der Waals surface area contributed by atoms with Gasteiger partial charge in [-0.2, -0.15) is 0 Å². The Labute approximate surface area is 183 Å². The van der Waals surface area contributed by atoms with E-state index in [1.165, 1.54) is 11.3 Å². The summed E-state index contributed by atoms with van der Waals surface area (Å²) < 4.78 is 0. The van der Waals surface area contributed by atoms with Crippen LogP contribution >= 0.6 is 11.3 Å². The van der Waals surface area contributed by atoms with Gasteiger partial charge in [0.2, 0.25) is 11.9 Å². The van der Waals surface area contributed by atoms with Crippen molar-refractivity contribution in [3.05, 3.63) is 52.3 Å². The quantitative estimate of drug-likeness (QED) is 0.659. The molecule has 2 aromatic heterocycles. The normalized spacial score (nSPS) is 16.2. The number of piperazine rings is 1. The molecule has 4 heterocycles. The van der Waals surface area contributed by atoms with Crippen molar-refractivity contribution in [2.45, 2.75) is 6.42 Å². The van der Waals surface area contributed by atoms with Crippen LogP contribution in [0, 0.1) is 0 Å². The lowest BCUT2D eigenvalue weighted by molar-refractivity contribution is -0.115. The third-order valence-corrected chi connectivity index (χ3v) is 6.33. The fourth-order valence-corrected chi connectivity index (χ4v) is 4.56. The third-order valence-electron chi connectivity index (χ3n) is 5.59. The number of nitrogens with one attached hydrogen (secondary N) is 2. The first-order valence-corrected chi connectivity index (χ1v) is 11.1. The molecule has 5 rings (SSSR count).